The van der Waals surface area contributed by atoms with Gasteiger partial charge in [-0.15, -0.1) is 0 Å². The van der Waals surface area contributed by atoms with E-state index in [2.05, 4.69) is 29.2 Å². The summed E-state index contributed by atoms with van der Waals surface area (Å²) in [4.78, 5) is 14.3. The molecular weight excluding hydrogens is 270 g/mol. The van der Waals surface area contributed by atoms with Crippen LogP contribution >= 0.6 is 0 Å². The summed E-state index contributed by atoms with van der Waals surface area (Å²) in [5.74, 6) is 0.993. The summed E-state index contributed by atoms with van der Waals surface area (Å²) < 4.78 is 4.86. The summed E-state index contributed by atoms with van der Waals surface area (Å²) in [7, 11) is 0. The van der Waals surface area contributed by atoms with Crippen LogP contribution in [0.1, 0.15) is 38.9 Å². The van der Waals surface area contributed by atoms with Crippen LogP contribution in [-0.4, -0.2) is 46.7 Å². The van der Waals surface area contributed by atoms with Crippen molar-refractivity contribution in [3.05, 3.63) is 11.8 Å². The van der Waals surface area contributed by atoms with E-state index in [1.54, 1.807) is 0 Å². The Labute approximate surface area is 125 Å². The molecule has 1 aromatic heterocycles. The number of aryl methyl sites for hydroxylation is 1. The van der Waals surface area contributed by atoms with Crippen LogP contribution in [0.25, 0.3) is 0 Å². The third-order valence-corrected chi connectivity index (χ3v) is 4.26. The van der Waals surface area contributed by atoms with Crippen LogP contribution in [0, 0.1) is 5.92 Å². The number of aromatic nitrogens is 1. The summed E-state index contributed by atoms with van der Waals surface area (Å²) in [5.41, 5.74) is 0. The van der Waals surface area contributed by atoms with E-state index < -0.39 is 0 Å². The second-order valence-corrected chi connectivity index (χ2v) is 5.82. The van der Waals surface area contributed by atoms with Gasteiger partial charge in [-0.3, -0.25) is 4.79 Å². The fraction of sp³-hybridized carbons (Fsp3) is 0.733. The van der Waals surface area contributed by atoms with Gasteiger partial charge >= 0.3 is 0 Å². The fourth-order valence-electron chi connectivity index (χ4n) is 2.98. The molecule has 0 aromatic carbocycles. The van der Waals surface area contributed by atoms with Crippen molar-refractivity contribution in [2.75, 3.05) is 19.6 Å². The zero-order valence-electron chi connectivity index (χ0n) is 12.8. The zero-order chi connectivity index (χ0) is 15.2. The number of aromatic hydroxyl groups is 1. The normalized spacial score (nSPS) is 23.1. The van der Waals surface area contributed by atoms with Gasteiger partial charge in [-0.25, -0.2) is 0 Å². The molecule has 6 nitrogen and oxygen atoms in total. The Kier molecular flexibility index (Phi) is 5.61. The first-order valence-corrected chi connectivity index (χ1v) is 7.73. The number of carbonyl (C=O) groups excluding carboxylic acids is 1. The molecular formula is C15H25N3O3. The molecule has 1 aliphatic rings. The Morgan fingerprint density at radius 2 is 2.43 bits per heavy atom. The lowest BCUT2D eigenvalue weighted by Gasteiger charge is -2.37. The summed E-state index contributed by atoms with van der Waals surface area (Å²) >= 11 is 0. The number of nitrogens with one attached hydrogen (secondary N) is 1. The third kappa shape index (κ3) is 4.74. The first kappa shape index (κ1) is 15.8. The molecule has 0 bridgehead atoms. The van der Waals surface area contributed by atoms with E-state index in [-0.39, 0.29) is 11.8 Å². The van der Waals surface area contributed by atoms with Crippen molar-refractivity contribution >= 4 is 5.91 Å². The average Bonchev–Trinajstić information content (AvgIpc) is 2.89. The van der Waals surface area contributed by atoms with Gasteiger partial charge in [0.25, 0.3) is 5.88 Å². The molecule has 1 aliphatic heterocycles. The standard InChI is InChI=1S/C15H25N3O3/c1-3-18-7-6-12(8-11(18)2)10-16-14(19)5-4-13-9-15(20)17-21-13/h9,11-12H,3-8,10H2,1-2H3,(H,16,19)(H,17,20). The molecule has 1 saturated heterocycles. The second kappa shape index (κ2) is 7.45. The molecule has 1 amide bonds. The van der Waals surface area contributed by atoms with Crippen LogP contribution in [-0.2, 0) is 11.2 Å². The van der Waals surface area contributed by atoms with Crippen molar-refractivity contribution in [1.82, 2.24) is 15.4 Å². The molecule has 0 aliphatic carbocycles. The van der Waals surface area contributed by atoms with Crippen LogP contribution in [0.3, 0.4) is 0 Å². The molecule has 118 valence electrons. The number of rotatable bonds is 6. The van der Waals surface area contributed by atoms with Gasteiger partial charge in [0, 0.05) is 31.5 Å². The number of carbonyl (C=O) groups is 1. The minimum atomic E-state index is -0.137. The zero-order valence-corrected chi connectivity index (χ0v) is 12.8. The molecule has 0 radical (unpaired) electrons. The molecule has 2 atom stereocenters. The van der Waals surface area contributed by atoms with Crippen LogP contribution in [0.5, 0.6) is 5.88 Å². The van der Waals surface area contributed by atoms with Gasteiger partial charge in [0.15, 0.2) is 0 Å². The molecule has 1 aromatic rings. The monoisotopic (exact) mass is 295 g/mol. The van der Waals surface area contributed by atoms with Crippen molar-refractivity contribution < 1.29 is 14.4 Å². The molecule has 2 heterocycles. The number of amides is 1. The van der Waals surface area contributed by atoms with Gasteiger partial charge in [0.05, 0.1) is 0 Å². The lowest BCUT2D eigenvalue weighted by molar-refractivity contribution is -0.121. The first-order chi connectivity index (χ1) is 10.1. The quantitative estimate of drug-likeness (QED) is 0.832. The molecule has 2 N–H and O–H groups in total. The van der Waals surface area contributed by atoms with E-state index >= 15 is 0 Å². The Bertz CT molecular complexity index is 461. The summed E-state index contributed by atoms with van der Waals surface area (Å²) in [6.07, 6.45) is 3.11. The van der Waals surface area contributed by atoms with Crippen LogP contribution in [0.4, 0.5) is 0 Å². The first-order valence-electron chi connectivity index (χ1n) is 7.73. The molecule has 0 saturated carbocycles. The molecule has 0 spiro atoms. The van der Waals surface area contributed by atoms with Crippen LogP contribution < -0.4 is 5.32 Å². The highest BCUT2D eigenvalue weighted by atomic mass is 16.5. The third-order valence-electron chi connectivity index (χ3n) is 4.26. The lowest BCUT2D eigenvalue weighted by atomic mass is 9.91. The predicted molar refractivity (Wildman–Crippen MR) is 78.9 cm³/mol. The molecule has 2 rings (SSSR count). The maximum absolute atomic E-state index is 11.8. The van der Waals surface area contributed by atoms with Gasteiger partial charge in [-0.2, -0.15) is 0 Å². The van der Waals surface area contributed by atoms with Gasteiger partial charge in [-0.1, -0.05) is 6.92 Å². The van der Waals surface area contributed by atoms with Crippen molar-refractivity contribution in [3.63, 3.8) is 0 Å². The highest BCUT2D eigenvalue weighted by Crippen LogP contribution is 2.21. The number of hydrogen-bond donors (Lipinski definition) is 2. The van der Waals surface area contributed by atoms with Gasteiger partial charge in [-0.05, 0) is 43.9 Å². The number of nitrogens with zero attached hydrogens (tertiary/aromatic N) is 2. The Morgan fingerprint density at radius 3 is 3.05 bits per heavy atom. The maximum atomic E-state index is 11.8. The minimum absolute atomic E-state index is 0.0245. The molecule has 21 heavy (non-hydrogen) atoms. The number of likely N-dealkylation sites (tertiary alicyclic amines) is 1. The van der Waals surface area contributed by atoms with E-state index in [0.29, 0.717) is 30.6 Å². The minimum Gasteiger partial charge on any atom is -0.491 e. The summed E-state index contributed by atoms with van der Waals surface area (Å²) in [5, 5.41) is 15.4. The maximum Gasteiger partial charge on any atom is 0.251 e. The van der Waals surface area contributed by atoms with Crippen molar-refractivity contribution in [2.45, 2.75) is 45.6 Å². The number of hydrogen-bond acceptors (Lipinski definition) is 5. The SMILES string of the molecule is CCN1CCC(CNC(=O)CCc2cc(O)no2)CC1C. The highest BCUT2D eigenvalue weighted by Gasteiger charge is 2.24. The second-order valence-electron chi connectivity index (χ2n) is 5.82. The Hall–Kier alpha value is -1.56. The van der Waals surface area contributed by atoms with Gasteiger partial charge in [0.1, 0.15) is 5.76 Å². The molecule has 2 unspecified atom stereocenters. The van der Waals surface area contributed by atoms with E-state index in [1.807, 2.05) is 0 Å². The van der Waals surface area contributed by atoms with E-state index in [0.717, 1.165) is 32.5 Å². The number of piperidine rings is 1. The fourth-order valence-corrected chi connectivity index (χ4v) is 2.98. The summed E-state index contributed by atoms with van der Waals surface area (Å²) in [6, 6.07) is 2.04. The Morgan fingerprint density at radius 1 is 1.62 bits per heavy atom. The van der Waals surface area contributed by atoms with Gasteiger partial charge in [0.2, 0.25) is 5.91 Å². The average molecular weight is 295 g/mol. The molecule has 6 heteroatoms. The smallest absolute Gasteiger partial charge is 0.251 e. The predicted octanol–water partition coefficient (Wildman–Crippen LogP) is 1.55. The van der Waals surface area contributed by atoms with E-state index in [1.165, 1.54) is 6.07 Å². The van der Waals surface area contributed by atoms with Gasteiger partial charge < -0.3 is 19.8 Å². The van der Waals surface area contributed by atoms with Crippen LogP contribution in [0.2, 0.25) is 0 Å². The highest BCUT2D eigenvalue weighted by molar-refractivity contribution is 5.76. The van der Waals surface area contributed by atoms with Crippen molar-refractivity contribution in [3.8, 4) is 5.88 Å². The Balaban J connectivity index is 1.65. The van der Waals surface area contributed by atoms with Crippen molar-refractivity contribution in [2.24, 2.45) is 5.92 Å². The lowest BCUT2D eigenvalue weighted by Crippen LogP contribution is -2.43. The molecule has 1 fully saturated rings. The largest absolute Gasteiger partial charge is 0.491 e. The van der Waals surface area contributed by atoms with E-state index in [4.69, 9.17) is 9.63 Å². The topological polar surface area (TPSA) is 78.6 Å². The van der Waals surface area contributed by atoms with Crippen LogP contribution in [0.15, 0.2) is 10.6 Å². The summed E-state index contributed by atoms with van der Waals surface area (Å²) in [6.45, 7) is 7.43. The van der Waals surface area contributed by atoms with Crippen molar-refractivity contribution in [1.29, 1.82) is 0 Å². The van der Waals surface area contributed by atoms with E-state index in [9.17, 15) is 4.79 Å².